The number of rotatable bonds is 16. The van der Waals surface area contributed by atoms with Crippen molar-refractivity contribution < 1.29 is 30.0 Å². The highest BCUT2D eigenvalue weighted by Crippen LogP contribution is 2.27. The number of aromatic nitrogens is 2. The lowest BCUT2D eigenvalue weighted by Crippen LogP contribution is -2.37. The van der Waals surface area contributed by atoms with E-state index < -0.39 is 48.4 Å². The number of carboxylic acids is 1. The number of nitrogens with one attached hydrogen (secondary N) is 1. The van der Waals surface area contributed by atoms with E-state index in [1.165, 1.54) is 70.6 Å². The number of nitrogens with zero attached hydrogens (tertiary/aromatic N) is 1. The van der Waals surface area contributed by atoms with Crippen molar-refractivity contribution in [3.63, 3.8) is 0 Å². The number of carboxylic acid groups (broad SMARTS) is 1. The van der Waals surface area contributed by atoms with E-state index in [1.54, 1.807) is 0 Å². The second-order valence-electron chi connectivity index (χ2n) is 9.13. The molecule has 0 aromatic carbocycles. The topological polar surface area (TPSA) is 162 Å². The van der Waals surface area contributed by atoms with E-state index in [0.29, 0.717) is 6.42 Å². The summed E-state index contributed by atoms with van der Waals surface area (Å²) in [6.07, 6.45) is 13.7. The van der Waals surface area contributed by atoms with Crippen molar-refractivity contribution in [2.45, 2.75) is 121 Å². The molecule has 0 aliphatic carbocycles. The van der Waals surface area contributed by atoms with Crippen molar-refractivity contribution in [3.05, 3.63) is 33.1 Å². The molecule has 5 N–H and O–H groups in total. The number of aliphatic hydroxyl groups excluding tert-OH is 3. The molecule has 2 rings (SSSR count). The van der Waals surface area contributed by atoms with Gasteiger partial charge < -0.3 is 25.2 Å². The van der Waals surface area contributed by atoms with Crippen LogP contribution < -0.4 is 11.2 Å². The minimum Gasteiger partial charge on any atom is -0.481 e. The standard InChI is InChI=1S/C16H32O2.C9H12N2O6/c1-2-3-4-5-6-7-8-9-10-11-12-13-14-15-16(17)18;12-3-4-6(14)7(15)8(17-4)11-2-1-5(13)10-9(11)16/h2-15H2,1H3,(H,17,18);1-2,4,6-8,12,14-15H,3H2,(H,10,13,16)/t;4-,6-,7-,8-/m.1/s1. The van der Waals surface area contributed by atoms with Gasteiger partial charge in [-0.05, 0) is 6.42 Å². The zero-order valence-electron chi connectivity index (χ0n) is 20.9. The summed E-state index contributed by atoms with van der Waals surface area (Å²) >= 11 is 0. The van der Waals surface area contributed by atoms with Gasteiger partial charge in [-0.15, -0.1) is 0 Å². The summed E-state index contributed by atoms with van der Waals surface area (Å²) in [7, 11) is 0. The molecule has 202 valence electrons. The van der Waals surface area contributed by atoms with Crippen LogP contribution in [0.1, 0.15) is 103 Å². The molecular formula is C25H44N2O8. The average Bonchev–Trinajstić information content (AvgIpc) is 3.11. The zero-order valence-corrected chi connectivity index (χ0v) is 20.9. The summed E-state index contributed by atoms with van der Waals surface area (Å²) in [5, 5.41) is 36.6. The van der Waals surface area contributed by atoms with Gasteiger partial charge in [0.2, 0.25) is 0 Å². The quantitative estimate of drug-likeness (QED) is 0.216. The van der Waals surface area contributed by atoms with Crippen molar-refractivity contribution in [1.29, 1.82) is 0 Å². The summed E-state index contributed by atoms with van der Waals surface area (Å²) in [6.45, 7) is 1.78. The van der Waals surface area contributed by atoms with E-state index in [4.69, 9.17) is 14.9 Å². The predicted octanol–water partition coefficient (Wildman–Crippen LogP) is 2.70. The van der Waals surface area contributed by atoms with Gasteiger partial charge in [0.15, 0.2) is 6.23 Å². The van der Waals surface area contributed by atoms with E-state index in [1.807, 2.05) is 4.98 Å². The number of aliphatic hydroxyl groups is 3. The smallest absolute Gasteiger partial charge is 0.330 e. The molecule has 0 radical (unpaired) electrons. The van der Waals surface area contributed by atoms with Crippen molar-refractivity contribution in [3.8, 4) is 0 Å². The van der Waals surface area contributed by atoms with Crippen LogP contribution in [-0.2, 0) is 9.53 Å². The van der Waals surface area contributed by atoms with Crippen LogP contribution in [0.5, 0.6) is 0 Å². The van der Waals surface area contributed by atoms with Gasteiger partial charge in [0, 0.05) is 18.7 Å². The SMILES string of the molecule is CCCCCCCCCCCCCCCC(=O)O.O=c1ccn([C@@H]2O[C@H](CO)[C@@H](O)[C@H]2O)c(=O)[nH]1. The summed E-state index contributed by atoms with van der Waals surface area (Å²) in [4.78, 5) is 34.6. The van der Waals surface area contributed by atoms with E-state index >= 15 is 0 Å². The molecule has 1 aromatic rings. The van der Waals surface area contributed by atoms with Crippen LogP contribution in [0.3, 0.4) is 0 Å². The number of aromatic amines is 1. The maximum absolute atomic E-state index is 11.4. The Morgan fingerprint density at radius 1 is 0.914 bits per heavy atom. The molecule has 0 amide bonds. The van der Waals surface area contributed by atoms with Crippen LogP contribution in [0.15, 0.2) is 21.9 Å². The van der Waals surface area contributed by atoms with Gasteiger partial charge in [-0.25, -0.2) is 4.79 Å². The monoisotopic (exact) mass is 500 g/mol. The maximum Gasteiger partial charge on any atom is 0.330 e. The van der Waals surface area contributed by atoms with Gasteiger partial charge in [0.1, 0.15) is 18.3 Å². The first-order valence-electron chi connectivity index (χ1n) is 13.0. The fraction of sp³-hybridized carbons (Fsp3) is 0.800. The lowest BCUT2D eigenvalue weighted by atomic mass is 10.0. The van der Waals surface area contributed by atoms with Crippen LogP contribution in [-0.4, -0.2) is 60.9 Å². The summed E-state index contributed by atoms with van der Waals surface area (Å²) in [5.41, 5.74) is -1.33. The Hall–Kier alpha value is -2.01. The predicted molar refractivity (Wildman–Crippen MR) is 132 cm³/mol. The second kappa shape index (κ2) is 18.3. The summed E-state index contributed by atoms with van der Waals surface area (Å²) in [6, 6.07) is 1.09. The van der Waals surface area contributed by atoms with Crippen molar-refractivity contribution in [2.75, 3.05) is 6.61 Å². The lowest BCUT2D eigenvalue weighted by molar-refractivity contribution is -0.137. The van der Waals surface area contributed by atoms with E-state index in [9.17, 15) is 24.6 Å². The first-order valence-corrected chi connectivity index (χ1v) is 13.0. The Balaban J connectivity index is 0.000000350. The fourth-order valence-electron chi connectivity index (χ4n) is 4.03. The van der Waals surface area contributed by atoms with Gasteiger partial charge in [-0.3, -0.25) is 19.1 Å². The summed E-state index contributed by atoms with van der Waals surface area (Å²) < 4.78 is 6.08. The van der Waals surface area contributed by atoms with Crippen LogP contribution in [0.2, 0.25) is 0 Å². The molecule has 1 saturated heterocycles. The third kappa shape index (κ3) is 12.5. The number of hydrogen-bond acceptors (Lipinski definition) is 7. The minimum atomic E-state index is -1.35. The Morgan fingerprint density at radius 3 is 1.86 bits per heavy atom. The number of carbonyl (C=O) groups is 1. The van der Waals surface area contributed by atoms with Crippen LogP contribution in [0.4, 0.5) is 0 Å². The Kier molecular flexibility index (Phi) is 16.2. The molecule has 0 saturated carbocycles. The molecule has 1 aromatic heterocycles. The molecule has 0 bridgehead atoms. The summed E-state index contributed by atoms with van der Waals surface area (Å²) in [5.74, 6) is -0.655. The molecule has 1 aliphatic heterocycles. The van der Waals surface area contributed by atoms with Crippen molar-refractivity contribution in [1.82, 2.24) is 9.55 Å². The van der Waals surface area contributed by atoms with E-state index in [-0.39, 0.29) is 0 Å². The van der Waals surface area contributed by atoms with Gasteiger partial charge >= 0.3 is 11.7 Å². The highest BCUT2D eigenvalue weighted by molar-refractivity contribution is 5.66. The molecule has 0 spiro atoms. The maximum atomic E-state index is 11.4. The molecule has 10 nitrogen and oxygen atoms in total. The van der Waals surface area contributed by atoms with Gasteiger partial charge in [-0.1, -0.05) is 84.0 Å². The molecule has 10 heteroatoms. The molecule has 2 heterocycles. The van der Waals surface area contributed by atoms with Crippen molar-refractivity contribution >= 4 is 5.97 Å². The van der Waals surface area contributed by atoms with Gasteiger partial charge in [-0.2, -0.15) is 0 Å². The van der Waals surface area contributed by atoms with E-state index in [0.717, 1.165) is 29.7 Å². The number of hydrogen-bond donors (Lipinski definition) is 5. The second-order valence-corrected chi connectivity index (χ2v) is 9.13. The number of aliphatic carboxylic acids is 1. The minimum absolute atomic E-state index is 0.345. The normalized spacial score (nSPS) is 21.5. The average molecular weight is 501 g/mol. The van der Waals surface area contributed by atoms with Gasteiger partial charge in [0.05, 0.1) is 6.61 Å². The highest BCUT2D eigenvalue weighted by Gasteiger charge is 2.43. The Labute approximate surface area is 207 Å². The Morgan fingerprint density at radius 2 is 1.43 bits per heavy atom. The van der Waals surface area contributed by atoms with Crippen LogP contribution in [0.25, 0.3) is 0 Å². The molecular weight excluding hydrogens is 456 g/mol. The molecule has 35 heavy (non-hydrogen) atoms. The van der Waals surface area contributed by atoms with Crippen LogP contribution in [0, 0.1) is 0 Å². The fourth-order valence-corrected chi connectivity index (χ4v) is 4.03. The molecule has 4 atom stereocenters. The molecule has 0 unspecified atom stereocenters. The van der Waals surface area contributed by atoms with Gasteiger partial charge in [0.25, 0.3) is 5.56 Å². The largest absolute Gasteiger partial charge is 0.481 e. The molecule has 1 fully saturated rings. The van der Waals surface area contributed by atoms with Crippen molar-refractivity contribution in [2.24, 2.45) is 0 Å². The van der Waals surface area contributed by atoms with Crippen LogP contribution >= 0.6 is 0 Å². The third-order valence-corrected chi connectivity index (χ3v) is 6.14. The lowest BCUT2D eigenvalue weighted by Gasteiger charge is -2.16. The number of ether oxygens (including phenoxy) is 1. The first kappa shape index (κ1) is 31.0. The highest BCUT2D eigenvalue weighted by atomic mass is 16.6. The Bertz CT molecular complexity index is 809. The first-order chi connectivity index (χ1) is 16.8. The van der Waals surface area contributed by atoms with E-state index in [2.05, 4.69) is 6.92 Å². The third-order valence-electron chi connectivity index (χ3n) is 6.14. The number of H-pyrrole nitrogens is 1. The molecule has 1 aliphatic rings. The zero-order chi connectivity index (χ0) is 26.1. The number of unbranched alkanes of at least 4 members (excludes halogenated alkanes) is 12.